The number of rotatable bonds is 13. The summed E-state index contributed by atoms with van der Waals surface area (Å²) in [5.74, 6) is 1.40. The van der Waals surface area contributed by atoms with Gasteiger partial charge in [-0.05, 0) is 5.82 Å². The number of aliphatic hydroxyl groups excluding tert-OH is 1. The van der Waals surface area contributed by atoms with E-state index in [1.165, 1.54) is 5.82 Å². The molecule has 0 bridgehead atoms. The molecule has 0 rings (SSSR count). The zero-order valence-corrected chi connectivity index (χ0v) is 11.0. The second-order valence-electron chi connectivity index (χ2n) is 3.06. The third-order valence-corrected chi connectivity index (χ3v) is 2.68. The Morgan fingerprint density at radius 2 is 1.59 bits per heavy atom. The maximum Gasteiger partial charge on any atom is 0.157 e. The molecule has 0 aromatic carbocycles. The first-order valence-corrected chi connectivity index (χ1v) is 7.04. The van der Waals surface area contributed by atoms with Crippen LogP contribution >= 0.6 is 7.95 Å². The first-order chi connectivity index (χ1) is 8.31. The topological polar surface area (TPSA) is 77.0 Å². The molecule has 0 aromatic rings. The van der Waals surface area contributed by atoms with Gasteiger partial charge in [0.05, 0.1) is 46.2 Å². The van der Waals surface area contributed by atoms with Crippen LogP contribution in [0.3, 0.4) is 0 Å². The van der Waals surface area contributed by atoms with Crippen LogP contribution in [0.15, 0.2) is 12.4 Å². The van der Waals surface area contributed by atoms with E-state index < -0.39 is 7.95 Å². The van der Waals surface area contributed by atoms with E-state index >= 15 is 0 Å². The lowest BCUT2D eigenvalue weighted by atomic mass is 10.7. The second kappa shape index (κ2) is 13.8. The van der Waals surface area contributed by atoms with Gasteiger partial charge in [-0.25, -0.2) is 0 Å². The summed E-state index contributed by atoms with van der Waals surface area (Å²) >= 11 is 0. The Hall–Kier alpha value is -0.230. The predicted molar refractivity (Wildman–Crippen MR) is 66.7 cm³/mol. The zero-order valence-electron chi connectivity index (χ0n) is 10.0. The molecule has 17 heavy (non-hydrogen) atoms. The molecule has 7 heteroatoms. The van der Waals surface area contributed by atoms with E-state index in [0.29, 0.717) is 46.2 Å². The average Bonchev–Trinajstić information content (AvgIpc) is 2.35. The number of hydrogen-bond acceptors (Lipinski definition) is 5. The number of nitrogens with one attached hydrogen (secondary N) is 1. The summed E-state index contributed by atoms with van der Waals surface area (Å²) in [6.45, 7) is 6.79. The van der Waals surface area contributed by atoms with E-state index in [-0.39, 0.29) is 6.61 Å². The van der Waals surface area contributed by atoms with Crippen molar-refractivity contribution in [3.05, 3.63) is 12.4 Å². The molecule has 0 radical (unpaired) electrons. The van der Waals surface area contributed by atoms with Crippen LogP contribution < -0.4 is 5.09 Å². The van der Waals surface area contributed by atoms with Crippen molar-refractivity contribution in [1.82, 2.24) is 5.09 Å². The van der Waals surface area contributed by atoms with Crippen LogP contribution in [0.4, 0.5) is 0 Å². The Bertz CT molecular complexity index is 203. The molecule has 1 atom stereocenters. The molecule has 0 aliphatic carbocycles. The summed E-state index contributed by atoms with van der Waals surface area (Å²) in [6.07, 6.45) is 0. The van der Waals surface area contributed by atoms with Gasteiger partial charge < -0.3 is 23.9 Å². The maximum absolute atomic E-state index is 10.9. The summed E-state index contributed by atoms with van der Waals surface area (Å²) in [7, 11) is -1.82. The van der Waals surface area contributed by atoms with Crippen LogP contribution in [0.2, 0.25) is 0 Å². The minimum atomic E-state index is -1.82. The molecule has 6 nitrogen and oxygen atoms in total. The fourth-order valence-electron chi connectivity index (χ4n) is 0.925. The highest BCUT2D eigenvalue weighted by Gasteiger charge is 1.93. The SMILES string of the molecule is C=C[PH](=O)NCCOCCOCCOCCO. The van der Waals surface area contributed by atoms with Crippen LogP contribution in [0, 0.1) is 0 Å². The van der Waals surface area contributed by atoms with Crippen LogP contribution in [0.5, 0.6) is 0 Å². The molecule has 0 amide bonds. The van der Waals surface area contributed by atoms with Crippen molar-refractivity contribution < 1.29 is 23.9 Å². The first-order valence-electron chi connectivity index (χ1n) is 5.55. The number of ether oxygens (including phenoxy) is 3. The van der Waals surface area contributed by atoms with E-state index in [1.807, 2.05) is 0 Å². The number of hydrogen-bond donors (Lipinski definition) is 2. The van der Waals surface area contributed by atoms with Gasteiger partial charge in [-0.2, -0.15) is 0 Å². The van der Waals surface area contributed by atoms with Crippen molar-refractivity contribution in [3.8, 4) is 0 Å². The Morgan fingerprint density at radius 1 is 1.06 bits per heavy atom. The molecule has 0 spiro atoms. The Labute approximate surface area is 103 Å². The molecule has 1 unspecified atom stereocenters. The highest BCUT2D eigenvalue weighted by molar-refractivity contribution is 7.45. The van der Waals surface area contributed by atoms with Crippen molar-refractivity contribution in [2.75, 3.05) is 52.8 Å². The third kappa shape index (κ3) is 13.7. The van der Waals surface area contributed by atoms with E-state index in [0.717, 1.165) is 0 Å². The highest BCUT2D eigenvalue weighted by Crippen LogP contribution is 2.12. The molecule has 102 valence electrons. The monoisotopic (exact) mass is 267 g/mol. The van der Waals surface area contributed by atoms with Crippen molar-refractivity contribution in [3.63, 3.8) is 0 Å². The lowest BCUT2D eigenvalue weighted by Gasteiger charge is -2.06. The zero-order chi connectivity index (χ0) is 12.8. The largest absolute Gasteiger partial charge is 0.394 e. The molecular weight excluding hydrogens is 245 g/mol. The smallest absolute Gasteiger partial charge is 0.157 e. The standard InChI is InChI=1S/C10H22NO5P/c1-2-17(13)11-3-5-14-7-9-16-10-8-15-6-4-12/h2,12,17H,1,3-10H2,(H,11,13). The van der Waals surface area contributed by atoms with Crippen molar-refractivity contribution in [2.45, 2.75) is 0 Å². The molecule has 0 fully saturated rings. The summed E-state index contributed by atoms with van der Waals surface area (Å²) < 4.78 is 26.4. The quantitative estimate of drug-likeness (QED) is 0.367. The fourth-order valence-corrected chi connectivity index (χ4v) is 1.42. The molecule has 0 aliphatic rings. The third-order valence-electron chi connectivity index (χ3n) is 1.71. The van der Waals surface area contributed by atoms with Crippen molar-refractivity contribution >= 4 is 7.95 Å². The predicted octanol–water partition coefficient (Wildman–Crippen LogP) is 0.236. The van der Waals surface area contributed by atoms with Gasteiger partial charge in [-0.15, -0.1) is 0 Å². The van der Waals surface area contributed by atoms with Gasteiger partial charge in [0.2, 0.25) is 0 Å². The van der Waals surface area contributed by atoms with Gasteiger partial charge in [0.25, 0.3) is 0 Å². The van der Waals surface area contributed by atoms with Crippen LogP contribution in [-0.4, -0.2) is 57.9 Å². The minimum absolute atomic E-state index is 0.0317. The van der Waals surface area contributed by atoms with Gasteiger partial charge in [0, 0.05) is 6.54 Å². The maximum atomic E-state index is 10.9. The van der Waals surface area contributed by atoms with Gasteiger partial charge in [-0.3, -0.25) is 5.09 Å². The summed E-state index contributed by atoms with van der Waals surface area (Å²) in [6, 6.07) is 0. The Balaban J connectivity index is 2.98. The summed E-state index contributed by atoms with van der Waals surface area (Å²) in [5, 5.41) is 11.2. The van der Waals surface area contributed by atoms with E-state index in [9.17, 15) is 4.57 Å². The molecule has 0 saturated carbocycles. The minimum Gasteiger partial charge on any atom is -0.394 e. The van der Waals surface area contributed by atoms with E-state index in [2.05, 4.69) is 11.7 Å². The van der Waals surface area contributed by atoms with Gasteiger partial charge in [0.15, 0.2) is 7.95 Å². The highest BCUT2D eigenvalue weighted by atomic mass is 31.1. The average molecular weight is 267 g/mol. The van der Waals surface area contributed by atoms with E-state index in [4.69, 9.17) is 19.3 Å². The molecule has 0 aliphatic heterocycles. The number of aliphatic hydroxyl groups is 1. The van der Waals surface area contributed by atoms with Gasteiger partial charge >= 0.3 is 0 Å². The molecule has 2 N–H and O–H groups in total. The lowest BCUT2D eigenvalue weighted by molar-refractivity contribution is 0.00862. The second-order valence-corrected chi connectivity index (χ2v) is 4.55. The first kappa shape index (κ1) is 16.8. The fraction of sp³-hybridized carbons (Fsp3) is 0.800. The van der Waals surface area contributed by atoms with Crippen LogP contribution in [0.25, 0.3) is 0 Å². The van der Waals surface area contributed by atoms with Crippen LogP contribution in [-0.2, 0) is 18.8 Å². The van der Waals surface area contributed by atoms with Gasteiger partial charge in [0.1, 0.15) is 0 Å². The summed E-state index contributed by atoms with van der Waals surface area (Å²) in [4.78, 5) is 0. The van der Waals surface area contributed by atoms with Gasteiger partial charge in [-0.1, -0.05) is 6.58 Å². The molecule has 0 aromatic heterocycles. The molecule has 0 saturated heterocycles. The lowest BCUT2D eigenvalue weighted by Crippen LogP contribution is -2.15. The van der Waals surface area contributed by atoms with E-state index in [1.54, 1.807) is 0 Å². The summed E-state index contributed by atoms with van der Waals surface area (Å²) in [5.41, 5.74) is 0. The van der Waals surface area contributed by atoms with Crippen molar-refractivity contribution in [1.29, 1.82) is 0 Å². The van der Waals surface area contributed by atoms with Crippen LogP contribution in [0.1, 0.15) is 0 Å². The Kier molecular flexibility index (Phi) is 13.6. The molecule has 0 heterocycles. The van der Waals surface area contributed by atoms with Crippen molar-refractivity contribution in [2.24, 2.45) is 0 Å². The molecular formula is C10H22NO5P. The normalized spacial score (nSPS) is 12.5. The Morgan fingerprint density at radius 3 is 2.12 bits per heavy atom.